The van der Waals surface area contributed by atoms with Crippen molar-refractivity contribution in [3.63, 3.8) is 0 Å². The SMILES string of the molecule is C#Cc1cc(C(=O)NC2CC2)ccc1C#N. The molecule has 1 aromatic carbocycles. The second-order valence-electron chi connectivity index (χ2n) is 3.76. The van der Waals surface area contributed by atoms with Crippen LogP contribution >= 0.6 is 0 Å². The Bertz CT molecular complexity index is 516. The molecule has 1 amide bonds. The molecule has 1 aliphatic carbocycles. The molecule has 0 unspecified atom stereocenters. The molecule has 0 bridgehead atoms. The number of hydrogen-bond acceptors (Lipinski definition) is 2. The third-order valence-corrected chi connectivity index (χ3v) is 2.47. The number of nitrogens with zero attached hydrogens (tertiary/aromatic N) is 1. The van der Waals surface area contributed by atoms with E-state index in [0.29, 0.717) is 22.7 Å². The molecule has 1 N–H and O–H groups in total. The molecule has 0 saturated heterocycles. The molecule has 2 rings (SSSR count). The van der Waals surface area contributed by atoms with Gasteiger partial charge in [0.15, 0.2) is 0 Å². The Morgan fingerprint density at radius 1 is 1.44 bits per heavy atom. The summed E-state index contributed by atoms with van der Waals surface area (Å²) < 4.78 is 0. The van der Waals surface area contributed by atoms with E-state index >= 15 is 0 Å². The maximum absolute atomic E-state index is 11.7. The molecule has 0 aromatic heterocycles. The third kappa shape index (κ3) is 2.04. The highest BCUT2D eigenvalue weighted by Gasteiger charge is 2.23. The van der Waals surface area contributed by atoms with Gasteiger partial charge in [0.05, 0.1) is 5.56 Å². The van der Waals surface area contributed by atoms with E-state index in [1.165, 1.54) is 0 Å². The van der Waals surface area contributed by atoms with Crippen molar-refractivity contribution in [3.05, 3.63) is 34.9 Å². The van der Waals surface area contributed by atoms with Gasteiger partial charge in [-0.1, -0.05) is 5.92 Å². The number of carbonyl (C=O) groups excluding carboxylic acids is 1. The molecule has 1 aromatic rings. The quantitative estimate of drug-likeness (QED) is 0.751. The first kappa shape index (κ1) is 10.3. The Balaban J connectivity index is 2.25. The van der Waals surface area contributed by atoms with Crippen molar-refractivity contribution in [2.24, 2.45) is 0 Å². The van der Waals surface area contributed by atoms with Gasteiger partial charge < -0.3 is 5.32 Å². The summed E-state index contributed by atoms with van der Waals surface area (Å²) in [5.74, 6) is 2.29. The molecule has 3 nitrogen and oxygen atoms in total. The lowest BCUT2D eigenvalue weighted by atomic mass is 10.0. The van der Waals surface area contributed by atoms with Crippen LogP contribution in [-0.4, -0.2) is 11.9 Å². The zero-order valence-electron chi connectivity index (χ0n) is 8.66. The Morgan fingerprint density at radius 3 is 2.75 bits per heavy atom. The minimum absolute atomic E-state index is 0.122. The van der Waals surface area contributed by atoms with Crippen molar-refractivity contribution in [2.75, 3.05) is 0 Å². The minimum Gasteiger partial charge on any atom is -0.349 e. The monoisotopic (exact) mass is 210 g/mol. The van der Waals surface area contributed by atoms with Crippen LogP contribution < -0.4 is 5.32 Å². The molecular formula is C13H10N2O. The summed E-state index contributed by atoms with van der Waals surface area (Å²) in [6.45, 7) is 0. The van der Waals surface area contributed by atoms with Gasteiger partial charge in [-0.25, -0.2) is 0 Å². The summed E-state index contributed by atoms with van der Waals surface area (Å²) in [7, 11) is 0. The second-order valence-corrected chi connectivity index (χ2v) is 3.76. The van der Waals surface area contributed by atoms with Gasteiger partial charge in [-0.3, -0.25) is 4.79 Å². The summed E-state index contributed by atoms with van der Waals surface area (Å²) >= 11 is 0. The molecule has 3 heteroatoms. The molecule has 0 heterocycles. The Morgan fingerprint density at radius 2 is 2.19 bits per heavy atom. The van der Waals surface area contributed by atoms with Gasteiger partial charge in [-0.15, -0.1) is 6.42 Å². The molecule has 78 valence electrons. The minimum atomic E-state index is -0.122. The maximum atomic E-state index is 11.7. The van der Waals surface area contributed by atoms with Crippen molar-refractivity contribution in [3.8, 4) is 18.4 Å². The van der Waals surface area contributed by atoms with E-state index in [9.17, 15) is 4.79 Å². The molecule has 1 aliphatic rings. The van der Waals surface area contributed by atoms with Gasteiger partial charge in [0.1, 0.15) is 6.07 Å². The van der Waals surface area contributed by atoms with E-state index in [1.54, 1.807) is 18.2 Å². The summed E-state index contributed by atoms with van der Waals surface area (Å²) in [4.78, 5) is 11.7. The zero-order chi connectivity index (χ0) is 11.5. The van der Waals surface area contributed by atoms with Crippen LogP contribution in [0, 0.1) is 23.7 Å². The Hall–Kier alpha value is -2.26. The lowest BCUT2D eigenvalue weighted by molar-refractivity contribution is 0.0951. The Kier molecular flexibility index (Phi) is 2.62. The van der Waals surface area contributed by atoms with Crippen molar-refractivity contribution in [1.29, 1.82) is 5.26 Å². The first-order chi connectivity index (χ1) is 7.74. The highest BCUT2D eigenvalue weighted by Crippen LogP contribution is 2.19. The lowest BCUT2D eigenvalue weighted by Gasteiger charge is -2.04. The molecular weight excluding hydrogens is 200 g/mol. The van der Waals surface area contributed by atoms with Gasteiger partial charge in [0, 0.05) is 17.2 Å². The fourth-order valence-corrected chi connectivity index (χ4v) is 1.40. The average Bonchev–Trinajstić information content (AvgIpc) is 3.11. The fourth-order valence-electron chi connectivity index (χ4n) is 1.40. The van der Waals surface area contributed by atoms with E-state index in [-0.39, 0.29) is 5.91 Å². The van der Waals surface area contributed by atoms with Gasteiger partial charge in [0.2, 0.25) is 0 Å². The van der Waals surface area contributed by atoms with Crippen LogP contribution in [0.25, 0.3) is 0 Å². The molecule has 1 saturated carbocycles. The molecule has 0 aliphatic heterocycles. The molecule has 0 spiro atoms. The standard InChI is InChI=1S/C13H10N2O/c1-2-9-7-10(3-4-11(9)8-14)13(16)15-12-5-6-12/h1,3-4,7,12H,5-6H2,(H,15,16). The molecule has 0 atom stereocenters. The summed E-state index contributed by atoms with van der Waals surface area (Å²) in [5.41, 5.74) is 1.40. The van der Waals surface area contributed by atoms with Crippen LogP contribution in [0.5, 0.6) is 0 Å². The summed E-state index contributed by atoms with van der Waals surface area (Å²) in [5, 5.41) is 11.7. The van der Waals surface area contributed by atoms with Gasteiger partial charge in [-0.05, 0) is 31.0 Å². The van der Waals surface area contributed by atoms with Crippen LogP contribution in [-0.2, 0) is 0 Å². The topological polar surface area (TPSA) is 52.9 Å². The predicted octanol–water partition coefficient (Wildman–Crippen LogP) is 1.43. The molecule has 1 fully saturated rings. The number of nitrogens with one attached hydrogen (secondary N) is 1. The smallest absolute Gasteiger partial charge is 0.251 e. The largest absolute Gasteiger partial charge is 0.349 e. The predicted molar refractivity (Wildman–Crippen MR) is 59.6 cm³/mol. The van der Waals surface area contributed by atoms with Crippen LogP contribution in [0.15, 0.2) is 18.2 Å². The third-order valence-electron chi connectivity index (χ3n) is 2.47. The summed E-state index contributed by atoms with van der Waals surface area (Å²) in [6, 6.07) is 7.09. The maximum Gasteiger partial charge on any atom is 0.251 e. The van der Waals surface area contributed by atoms with E-state index in [1.807, 2.05) is 6.07 Å². The zero-order valence-corrected chi connectivity index (χ0v) is 8.66. The number of benzene rings is 1. The van der Waals surface area contributed by atoms with E-state index in [4.69, 9.17) is 11.7 Å². The van der Waals surface area contributed by atoms with Gasteiger partial charge in [-0.2, -0.15) is 5.26 Å². The van der Waals surface area contributed by atoms with Crippen LogP contribution in [0.2, 0.25) is 0 Å². The fraction of sp³-hybridized carbons (Fsp3) is 0.231. The van der Waals surface area contributed by atoms with Gasteiger partial charge >= 0.3 is 0 Å². The normalized spacial score (nSPS) is 13.6. The highest BCUT2D eigenvalue weighted by atomic mass is 16.1. The van der Waals surface area contributed by atoms with E-state index in [0.717, 1.165) is 12.8 Å². The summed E-state index contributed by atoms with van der Waals surface area (Å²) in [6.07, 6.45) is 7.37. The number of terminal acetylenes is 1. The second kappa shape index (κ2) is 4.08. The first-order valence-corrected chi connectivity index (χ1v) is 5.06. The lowest BCUT2D eigenvalue weighted by Crippen LogP contribution is -2.25. The molecule has 16 heavy (non-hydrogen) atoms. The Labute approximate surface area is 94.1 Å². The number of nitriles is 1. The first-order valence-electron chi connectivity index (χ1n) is 5.06. The van der Waals surface area contributed by atoms with Crippen LogP contribution in [0.1, 0.15) is 34.3 Å². The van der Waals surface area contributed by atoms with Crippen molar-refractivity contribution >= 4 is 5.91 Å². The van der Waals surface area contributed by atoms with Crippen LogP contribution in [0.3, 0.4) is 0 Å². The number of rotatable bonds is 2. The number of carbonyl (C=O) groups is 1. The van der Waals surface area contributed by atoms with E-state index < -0.39 is 0 Å². The van der Waals surface area contributed by atoms with Crippen LogP contribution in [0.4, 0.5) is 0 Å². The number of amides is 1. The number of hydrogen-bond donors (Lipinski definition) is 1. The van der Waals surface area contributed by atoms with Crippen molar-refractivity contribution < 1.29 is 4.79 Å². The highest BCUT2D eigenvalue weighted by molar-refractivity contribution is 5.95. The average molecular weight is 210 g/mol. The van der Waals surface area contributed by atoms with Gasteiger partial charge in [0.25, 0.3) is 5.91 Å². The molecule has 0 radical (unpaired) electrons. The van der Waals surface area contributed by atoms with Crippen molar-refractivity contribution in [2.45, 2.75) is 18.9 Å². The van der Waals surface area contributed by atoms with Crippen molar-refractivity contribution in [1.82, 2.24) is 5.32 Å². The van der Waals surface area contributed by atoms with E-state index in [2.05, 4.69) is 11.2 Å².